The molecule has 0 aliphatic heterocycles. The molecule has 9 heteroatoms. The summed E-state index contributed by atoms with van der Waals surface area (Å²) in [4.78, 5) is 33.8. The van der Waals surface area contributed by atoms with E-state index in [0.29, 0.717) is 48.6 Å². The highest BCUT2D eigenvalue weighted by atomic mass is 16.5. The van der Waals surface area contributed by atoms with E-state index < -0.39 is 5.97 Å². The number of pyridine rings is 1. The Hall–Kier alpha value is -4.40. The summed E-state index contributed by atoms with van der Waals surface area (Å²) in [5.74, 6) is 0.981. The van der Waals surface area contributed by atoms with Crippen LogP contribution in [-0.4, -0.2) is 39.3 Å². The Morgan fingerprint density at radius 2 is 1.78 bits per heavy atom. The van der Waals surface area contributed by atoms with Gasteiger partial charge in [0.1, 0.15) is 22.8 Å². The topological polar surface area (TPSA) is 118 Å². The van der Waals surface area contributed by atoms with Gasteiger partial charge in [-0.15, -0.1) is 0 Å². The van der Waals surface area contributed by atoms with E-state index in [-0.39, 0.29) is 11.1 Å². The predicted octanol–water partition coefficient (Wildman–Crippen LogP) is 4.57. The number of hydrogen-bond donors (Lipinski definition) is 3. The average Bonchev–Trinajstić information content (AvgIpc) is 2.92. The van der Waals surface area contributed by atoms with Crippen molar-refractivity contribution in [3.63, 3.8) is 0 Å². The van der Waals surface area contributed by atoms with Crippen LogP contribution < -0.4 is 20.9 Å². The third kappa shape index (κ3) is 6.43. The van der Waals surface area contributed by atoms with Crippen molar-refractivity contribution >= 4 is 28.5 Å². The normalized spacial score (nSPS) is 10.9. The van der Waals surface area contributed by atoms with Crippen LogP contribution in [0.25, 0.3) is 10.9 Å². The molecular weight excluding hydrogens is 470 g/mol. The summed E-state index contributed by atoms with van der Waals surface area (Å²) in [6, 6.07) is 16.3. The molecule has 4 rings (SSSR count). The number of nitrogens with one attached hydrogen (secondary N) is 2. The van der Waals surface area contributed by atoms with E-state index in [1.165, 1.54) is 0 Å². The third-order valence-corrected chi connectivity index (χ3v) is 6.11. The molecule has 2 heterocycles. The van der Waals surface area contributed by atoms with E-state index >= 15 is 0 Å². The zero-order chi connectivity index (χ0) is 26.2. The van der Waals surface area contributed by atoms with Gasteiger partial charge in [-0.25, -0.2) is 14.8 Å². The number of ether oxygens (including phenoxy) is 1. The number of hydrogen-bond acceptors (Lipinski definition) is 7. The first kappa shape index (κ1) is 25.7. The van der Waals surface area contributed by atoms with Gasteiger partial charge in [-0.05, 0) is 48.2 Å². The van der Waals surface area contributed by atoms with Crippen LogP contribution in [0, 0.1) is 0 Å². The summed E-state index contributed by atoms with van der Waals surface area (Å²) < 4.78 is 6.79. The quantitative estimate of drug-likeness (QED) is 0.242. The van der Waals surface area contributed by atoms with Crippen LogP contribution in [0.3, 0.4) is 0 Å². The van der Waals surface area contributed by atoms with Crippen LogP contribution in [0.2, 0.25) is 0 Å². The summed E-state index contributed by atoms with van der Waals surface area (Å²) in [6.45, 7) is 3.79. The molecule has 0 unspecified atom stereocenters. The lowest BCUT2D eigenvalue weighted by atomic mass is 10.1. The highest BCUT2D eigenvalue weighted by Crippen LogP contribution is 2.22. The Labute approximate surface area is 215 Å². The number of aromatic nitrogens is 3. The molecule has 0 fully saturated rings. The zero-order valence-electron chi connectivity index (χ0n) is 21.0. The number of methoxy groups -OCH3 is 1. The summed E-state index contributed by atoms with van der Waals surface area (Å²) >= 11 is 0. The van der Waals surface area contributed by atoms with Crippen molar-refractivity contribution in [3.05, 3.63) is 88.0 Å². The zero-order valence-corrected chi connectivity index (χ0v) is 21.0. The Balaban J connectivity index is 1.57. The predicted molar refractivity (Wildman–Crippen MR) is 145 cm³/mol. The van der Waals surface area contributed by atoms with Gasteiger partial charge in [0.25, 0.3) is 5.56 Å². The molecule has 9 nitrogen and oxygen atoms in total. The second-order valence-corrected chi connectivity index (χ2v) is 8.73. The second-order valence-electron chi connectivity index (χ2n) is 8.73. The molecule has 37 heavy (non-hydrogen) atoms. The number of carbonyl (C=O) groups is 1. The maximum atomic E-state index is 13.4. The van der Waals surface area contributed by atoms with Crippen LogP contribution in [0.4, 0.5) is 11.6 Å². The number of nitrogens with zero attached hydrogens (tertiary/aromatic N) is 3. The summed E-state index contributed by atoms with van der Waals surface area (Å²) in [7, 11) is 1.64. The Morgan fingerprint density at radius 1 is 1.05 bits per heavy atom. The molecule has 0 atom stereocenters. The molecule has 2 aromatic heterocycles. The number of unbranched alkanes of at least 4 members (excludes halogenated alkanes) is 1. The standard InChI is InChI=1S/C28H31N5O4/c1-3-4-14-29-26-25-23(16-24(32-26)30-17-20-7-11-22(37-2)12-8-20)31-18-33(27(25)34)15-13-19-5-9-21(10-6-19)28(35)36/h5-12,16,18H,3-4,13-15,17H2,1-2H3,(H,35,36)(H2,29,30,32). The van der Waals surface area contributed by atoms with E-state index in [1.54, 1.807) is 48.3 Å². The van der Waals surface area contributed by atoms with Gasteiger partial charge < -0.3 is 20.5 Å². The summed E-state index contributed by atoms with van der Waals surface area (Å²) in [6.07, 6.45) is 4.09. The molecule has 0 spiro atoms. The smallest absolute Gasteiger partial charge is 0.335 e. The Bertz CT molecular complexity index is 1420. The first-order valence-corrected chi connectivity index (χ1v) is 12.3. The summed E-state index contributed by atoms with van der Waals surface area (Å²) in [5.41, 5.74) is 2.65. The number of aryl methyl sites for hydroxylation is 2. The molecule has 0 saturated carbocycles. The van der Waals surface area contributed by atoms with E-state index in [9.17, 15) is 9.59 Å². The molecule has 0 aliphatic carbocycles. The van der Waals surface area contributed by atoms with Crippen molar-refractivity contribution in [2.75, 3.05) is 24.3 Å². The second kappa shape index (κ2) is 12.0. The third-order valence-electron chi connectivity index (χ3n) is 6.11. The molecule has 192 valence electrons. The molecule has 0 amide bonds. The van der Waals surface area contributed by atoms with Crippen LogP contribution >= 0.6 is 0 Å². The van der Waals surface area contributed by atoms with Crippen molar-refractivity contribution in [2.45, 2.75) is 39.3 Å². The number of carboxylic acid groups (broad SMARTS) is 1. The van der Waals surface area contributed by atoms with E-state index in [4.69, 9.17) is 14.8 Å². The average molecular weight is 502 g/mol. The highest BCUT2D eigenvalue weighted by Gasteiger charge is 2.13. The number of benzene rings is 2. The van der Waals surface area contributed by atoms with Crippen LogP contribution in [0.15, 0.2) is 65.7 Å². The van der Waals surface area contributed by atoms with Crippen LogP contribution in [0.1, 0.15) is 41.3 Å². The van der Waals surface area contributed by atoms with Gasteiger partial charge in [0.05, 0.1) is 24.5 Å². The minimum atomic E-state index is -0.963. The van der Waals surface area contributed by atoms with Crippen molar-refractivity contribution in [2.24, 2.45) is 0 Å². The maximum Gasteiger partial charge on any atom is 0.335 e. The molecule has 4 aromatic rings. The Morgan fingerprint density at radius 3 is 2.46 bits per heavy atom. The van der Waals surface area contributed by atoms with E-state index in [2.05, 4.69) is 22.5 Å². The first-order chi connectivity index (χ1) is 18.0. The van der Waals surface area contributed by atoms with Gasteiger partial charge in [0, 0.05) is 25.7 Å². The monoisotopic (exact) mass is 501 g/mol. The maximum absolute atomic E-state index is 13.4. The number of carboxylic acids is 1. The van der Waals surface area contributed by atoms with Gasteiger partial charge in [-0.2, -0.15) is 0 Å². The molecule has 0 bridgehead atoms. The SMILES string of the molecule is CCCCNc1nc(NCc2ccc(OC)cc2)cc2ncn(CCc3ccc(C(=O)O)cc3)c(=O)c12. The lowest BCUT2D eigenvalue weighted by molar-refractivity contribution is 0.0697. The molecule has 2 aromatic carbocycles. The molecule has 3 N–H and O–H groups in total. The van der Waals surface area contributed by atoms with Crippen molar-refractivity contribution in [1.82, 2.24) is 14.5 Å². The van der Waals surface area contributed by atoms with Gasteiger partial charge in [-0.3, -0.25) is 9.36 Å². The van der Waals surface area contributed by atoms with Gasteiger partial charge in [0.15, 0.2) is 0 Å². The number of rotatable bonds is 12. The Kier molecular flexibility index (Phi) is 8.35. The van der Waals surface area contributed by atoms with Gasteiger partial charge in [-0.1, -0.05) is 37.6 Å². The first-order valence-electron chi connectivity index (χ1n) is 12.3. The largest absolute Gasteiger partial charge is 0.497 e. The number of fused-ring (bicyclic) bond motifs is 1. The van der Waals surface area contributed by atoms with Gasteiger partial charge >= 0.3 is 5.97 Å². The van der Waals surface area contributed by atoms with Crippen LogP contribution in [0.5, 0.6) is 5.75 Å². The number of aromatic carboxylic acids is 1. The van der Waals surface area contributed by atoms with E-state index in [1.807, 2.05) is 24.3 Å². The molecule has 0 saturated heterocycles. The lowest BCUT2D eigenvalue weighted by Crippen LogP contribution is -2.23. The minimum Gasteiger partial charge on any atom is -0.497 e. The fraction of sp³-hybridized carbons (Fsp3) is 0.286. The summed E-state index contributed by atoms with van der Waals surface area (Å²) in [5, 5.41) is 16.2. The molecular formula is C28H31N5O4. The van der Waals surface area contributed by atoms with Crippen molar-refractivity contribution in [1.29, 1.82) is 0 Å². The van der Waals surface area contributed by atoms with Crippen LogP contribution in [-0.2, 0) is 19.5 Å². The fourth-order valence-corrected chi connectivity index (χ4v) is 3.93. The van der Waals surface area contributed by atoms with E-state index in [0.717, 1.165) is 29.7 Å². The molecule has 0 aliphatic rings. The van der Waals surface area contributed by atoms with Crippen molar-refractivity contribution < 1.29 is 14.6 Å². The highest BCUT2D eigenvalue weighted by molar-refractivity contribution is 5.90. The fourth-order valence-electron chi connectivity index (χ4n) is 3.93. The number of anilines is 2. The lowest BCUT2D eigenvalue weighted by Gasteiger charge is -2.14. The van der Waals surface area contributed by atoms with Crippen molar-refractivity contribution in [3.8, 4) is 5.75 Å². The molecule has 0 radical (unpaired) electrons. The minimum absolute atomic E-state index is 0.166. The van der Waals surface area contributed by atoms with Gasteiger partial charge in [0.2, 0.25) is 0 Å².